The number of phenols is 1. The number of phenolic OH excluding ortho intramolecular Hbond substituents is 1. The van der Waals surface area contributed by atoms with E-state index < -0.39 is 0 Å². The maximum absolute atomic E-state index is 10.3. The Morgan fingerprint density at radius 1 is 1.12 bits per heavy atom. The molecule has 0 spiro atoms. The van der Waals surface area contributed by atoms with E-state index in [1.807, 2.05) is 0 Å². The fourth-order valence-electron chi connectivity index (χ4n) is 2.13. The molecule has 1 aromatic rings. The summed E-state index contributed by atoms with van der Waals surface area (Å²) in [5.41, 5.74) is 3.55. The summed E-state index contributed by atoms with van der Waals surface area (Å²) in [6, 6.07) is 4.35. The molecule has 0 amide bonds. The van der Waals surface area contributed by atoms with Crippen LogP contribution < -0.4 is 0 Å². The molecule has 1 nitrogen and oxygen atoms in total. The minimum atomic E-state index is 0.0101. The Kier molecular flexibility index (Phi) is 4.62. The third kappa shape index (κ3) is 3.49. The van der Waals surface area contributed by atoms with Crippen LogP contribution in [0.15, 0.2) is 12.1 Å². The van der Waals surface area contributed by atoms with Gasteiger partial charge in [-0.3, -0.25) is 0 Å². The van der Waals surface area contributed by atoms with Gasteiger partial charge in [0.15, 0.2) is 0 Å². The largest absolute Gasteiger partial charge is 0.507 e. The van der Waals surface area contributed by atoms with Crippen LogP contribution in [-0.2, 0) is 18.3 Å². The first kappa shape index (κ1) is 14.1. The van der Waals surface area contributed by atoms with Crippen molar-refractivity contribution in [3.63, 3.8) is 0 Å². The number of aryl methyl sites for hydroxylation is 2. The molecular weight excluding hydrogens is 208 g/mol. The van der Waals surface area contributed by atoms with Crippen molar-refractivity contribution in [3.05, 3.63) is 28.8 Å². The summed E-state index contributed by atoms with van der Waals surface area (Å²) >= 11 is 0. The highest BCUT2D eigenvalue weighted by molar-refractivity contribution is 5.47. The van der Waals surface area contributed by atoms with Crippen LogP contribution in [-0.4, -0.2) is 5.11 Å². The van der Waals surface area contributed by atoms with Gasteiger partial charge < -0.3 is 5.11 Å². The third-order valence-corrected chi connectivity index (χ3v) is 3.26. The Bertz CT molecular complexity index is 372. The van der Waals surface area contributed by atoms with Crippen molar-refractivity contribution in [2.45, 2.75) is 65.7 Å². The molecule has 0 aliphatic carbocycles. The van der Waals surface area contributed by atoms with E-state index in [9.17, 15) is 5.11 Å². The Morgan fingerprint density at radius 3 is 2.24 bits per heavy atom. The molecule has 1 rings (SSSR count). The van der Waals surface area contributed by atoms with Gasteiger partial charge in [0.1, 0.15) is 5.75 Å². The summed E-state index contributed by atoms with van der Waals surface area (Å²) in [5.74, 6) is 0.500. The van der Waals surface area contributed by atoms with Gasteiger partial charge in [0.2, 0.25) is 0 Å². The van der Waals surface area contributed by atoms with Gasteiger partial charge in [-0.2, -0.15) is 0 Å². The lowest BCUT2D eigenvalue weighted by molar-refractivity contribution is 0.440. The number of aromatic hydroxyl groups is 1. The van der Waals surface area contributed by atoms with E-state index >= 15 is 0 Å². The second-order valence-electron chi connectivity index (χ2n) is 5.86. The lowest BCUT2D eigenvalue weighted by atomic mass is 9.83. The Hall–Kier alpha value is -0.980. The van der Waals surface area contributed by atoms with Crippen molar-refractivity contribution >= 4 is 0 Å². The smallest absolute Gasteiger partial charge is 0.122 e. The molecule has 0 saturated carbocycles. The molecule has 0 saturated heterocycles. The Balaban J connectivity index is 3.19. The first-order valence-corrected chi connectivity index (χ1v) is 6.75. The van der Waals surface area contributed by atoms with Crippen molar-refractivity contribution in [3.8, 4) is 5.75 Å². The van der Waals surface area contributed by atoms with Gasteiger partial charge in [-0.25, -0.2) is 0 Å². The van der Waals surface area contributed by atoms with Gasteiger partial charge in [0.25, 0.3) is 0 Å². The van der Waals surface area contributed by atoms with Gasteiger partial charge >= 0.3 is 0 Å². The lowest BCUT2D eigenvalue weighted by Gasteiger charge is -2.23. The Morgan fingerprint density at radius 2 is 1.76 bits per heavy atom. The van der Waals surface area contributed by atoms with E-state index in [-0.39, 0.29) is 5.41 Å². The van der Waals surface area contributed by atoms with Crippen LogP contribution in [0.4, 0.5) is 0 Å². The molecule has 1 heteroatoms. The molecule has 1 N–H and O–H groups in total. The SMILES string of the molecule is CCCCc1cc(CC)c(O)c(C(C)(C)C)c1. The van der Waals surface area contributed by atoms with Crippen LogP contribution in [0.5, 0.6) is 5.75 Å². The first-order valence-electron chi connectivity index (χ1n) is 6.75. The van der Waals surface area contributed by atoms with E-state index in [1.54, 1.807) is 0 Å². The highest BCUT2D eigenvalue weighted by atomic mass is 16.3. The van der Waals surface area contributed by atoms with Gasteiger partial charge in [-0.05, 0) is 41.4 Å². The third-order valence-electron chi connectivity index (χ3n) is 3.26. The molecule has 96 valence electrons. The van der Waals surface area contributed by atoms with Gasteiger partial charge in [0, 0.05) is 0 Å². The van der Waals surface area contributed by atoms with Crippen molar-refractivity contribution < 1.29 is 5.11 Å². The monoisotopic (exact) mass is 234 g/mol. The zero-order valence-corrected chi connectivity index (χ0v) is 11.9. The van der Waals surface area contributed by atoms with Crippen LogP contribution in [0.3, 0.4) is 0 Å². The van der Waals surface area contributed by atoms with E-state index in [0.717, 1.165) is 24.0 Å². The van der Waals surface area contributed by atoms with Crippen LogP contribution >= 0.6 is 0 Å². The predicted molar refractivity (Wildman–Crippen MR) is 74.8 cm³/mol. The molecule has 0 unspecified atom stereocenters. The van der Waals surface area contributed by atoms with Crippen LogP contribution in [0.1, 0.15) is 64.2 Å². The van der Waals surface area contributed by atoms with Crippen LogP contribution in [0.25, 0.3) is 0 Å². The number of unbranched alkanes of at least 4 members (excludes halogenated alkanes) is 1. The van der Waals surface area contributed by atoms with Crippen molar-refractivity contribution in [2.24, 2.45) is 0 Å². The second kappa shape index (κ2) is 5.57. The van der Waals surface area contributed by atoms with Crippen molar-refractivity contribution in [1.29, 1.82) is 0 Å². The fraction of sp³-hybridized carbons (Fsp3) is 0.625. The summed E-state index contributed by atoms with van der Waals surface area (Å²) in [4.78, 5) is 0. The van der Waals surface area contributed by atoms with Gasteiger partial charge in [0.05, 0.1) is 0 Å². The molecule has 0 radical (unpaired) electrons. The predicted octanol–water partition coefficient (Wildman–Crippen LogP) is 4.59. The number of rotatable bonds is 4. The summed E-state index contributed by atoms with van der Waals surface area (Å²) in [7, 11) is 0. The quantitative estimate of drug-likeness (QED) is 0.807. The zero-order valence-electron chi connectivity index (χ0n) is 11.9. The molecule has 0 aliphatic heterocycles. The normalized spacial score (nSPS) is 11.8. The highest BCUT2D eigenvalue weighted by Crippen LogP contribution is 2.35. The molecule has 0 fully saturated rings. The number of hydrogen-bond donors (Lipinski definition) is 1. The second-order valence-corrected chi connectivity index (χ2v) is 5.86. The molecule has 0 aromatic heterocycles. The molecule has 0 heterocycles. The van der Waals surface area contributed by atoms with E-state index in [4.69, 9.17) is 0 Å². The first-order chi connectivity index (χ1) is 7.90. The maximum Gasteiger partial charge on any atom is 0.122 e. The lowest BCUT2D eigenvalue weighted by Crippen LogP contribution is -2.13. The molecule has 1 aromatic carbocycles. The van der Waals surface area contributed by atoms with Crippen LogP contribution in [0, 0.1) is 0 Å². The fourth-order valence-corrected chi connectivity index (χ4v) is 2.13. The summed E-state index contributed by atoms with van der Waals surface area (Å²) in [5, 5.41) is 10.3. The van der Waals surface area contributed by atoms with Crippen molar-refractivity contribution in [2.75, 3.05) is 0 Å². The molecule has 0 atom stereocenters. The zero-order chi connectivity index (χ0) is 13.1. The maximum atomic E-state index is 10.3. The molecule has 0 bridgehead atoms. The Labute approximate surface area is 106 Å². The summed E-state index contributed by atoms with van der Waals surface area (Å²) < 4.78 is 0. The van der Waals surface area contributed by atoms with E-state index in [2.05, 4.69) is 46.8 Å². The van der Waals surface area contributed by atoms with Gasteiger partial charge in [-0.15, -0.1) is 0 Å². The van der Waals surface area contributed by atoms with E-state index in [0.29, 0.717) is 5.75 Å². The van der Waals surface area contributed by atoms with Crippen LogP contribution in [0.2, 0.25) is 0 Å². The van der Waals surface area contributed by atoms with E-state index in [1.165, 1.54) is 18.4 Å². The molecular formula is C16H26O. The number of benzene rings is 1. The summed E-state index contributed by atoms with van der Waals surface area (Å²) in [6.07, 6.45) is 4.45. The molecule has 0 aliphatic rings. The average Bonchev–Trinajstić information content (AvgIpc) is 2.26. The standard InChI is InChI=1S/C16H26O/c1-6-8-9-12-10-13(7-2)15(17)14(11-12)16(3,4)5/h10-11,17H,6-9H2,1-5H3. The van der Waals surface area contributed by atoms with Gasteiger partial charge in [-0.1, -0.05) is 53.2 Å². The molecule has 17 heavy (non-hydrogen) atoms. The minimum absolute atomic E-state index is 0.0101. The minimum Gasteiger partial charge on any atom is -0.507 e. The highest BCUT2D eigenvalue weighted by Gasteiger charge is 2.20. The summed E-state index contributed by atoms with van der Waals surface area (Å²) in [6.45, 7) is 10.8. The topological polar surface area (TPSA) is 20.2 Å². The van der Waals surface area contributed by atoms with Crippen molar-refractivity contribution in [1.82, 2.24) is 0 Å². The number of hydrogen-bond acceptors (Lipinski definition) is 1. The average molecular weight is 234 g/mol.